The highest BCUT2D eigenvalue weighted by Gasteiger charge is 2.28. The molecule has 0 radical (unpaired) electrons. The maximum absolute atomic E-state index is 12.3. The lowest BCUT2D eigenvalue weighted by Crippen LogP contribution is -2.31. The SMILES string of the molecule is CC.CS(=O)(=O)c1cc([N+](=O)[O-])c(C(=O)NCCO)cc1N(CCBr)CCBr. The number of amides is 1. The van der Waals surface area contributed by atoms with E-state index in [1.807, 2.05) is 13.8 Å². The van der Waals surface area contributed by atoms with Crippen molar-refractivity contribution in [3.8, 4) is 0 Å². The van der Waals surface area contributed by atoms with E-state index in [9.17, 15) is 23.3 Å². The normalized spacial score (nSPS) is 10.6. The zero-order chi connectivity index (χ0) is 21.9. The second-order valence-electron chi connectivity index (χ2n) is 5.21. The van der Waals surface area contributed by atoms with Gasteiger partial charge in [-0.15, -0.1) is 0 Å². The number of nitrogens with one attached hydrogen (secondary N) is 1. The van der Waals surface area contributed by atoms with Crippen LogP contribution in [0.1, 0.15) is 24.2 Å². The number of nitro benzene ring substituents is 1. The molecule has 0 aliphatic carbocycles. The molecule has 9 nitrogen and oxygen atoms in total. The number of carbonyl (C=O) groups is 1. The highest BCUT2D eigenvalue weighted by molar-refractivity contribution is 9.09. The number of aliphatic hydroxyl groups excluding tert-OH is 1. The number of hydrogen-bond acceptors (Lipinski definition) is 7. The first-order chi connectivity index (χ1) is 13.2. The number of hydrogen-bond donors (Lipinski definition) is 2. The van der Waals surface area contributed by atoms with Crippen LogP contribution in [0.4, 0.5) is 11.4 Å². The van der Waals surface area contributed by atoms with Gasteiger partial charge in [0.2, 0.25) is 0 Å². The molecule has 0 spiro atoms. The number of anilines is 1. The van der Waals surface area contributed by atoms with E-state index in [0.717, 1.165) is 12.3 Å². The van der Waals surface area contributed by atoms with Crippen LogP contribution < -0.4 is 10.2 Å². The fourth-order valence-electron chi connectivity index (χ4n) is 2.26. The highest BCUT2D eigenvalue weighted by Crippen LogP contribution is 2.33. The monoisotopic (exact) mass is 545 g/mol. The lowest BCUT2D eigenvalue weighted by molar-refractivity contribution is -0.385. The van der Waals surface area contributed by atoms with Gasteiger partial charge in [0.05, 0.1) is 22.1 Å². The van der Waals surface area contributed by atoms with Gasteiger partial charge in [-0.25, -0.2) is 8.42 Å². The summed E-state index contributed by atoms with van der Waals surface area (Å²) in [6.07, 6.45) is 0.960. The Morgan fingerprint density at radius 2 is 1.79 bits per heavy atom. The average molecular weight is 547 g/mol. The van der Waals surface area contributed by atoms with Gasteiger partial charge < -0.3 is 15.3 Å². The van der Waals surface area contributed by atoms with Crippen LogP contribution >= 0.6 is 31.9 Å². The summed E-state index contributed by atoms with van der Waals surface area (Å²) in [5.74, 6) is -0.760. The molecule has 160 valence electrons. The minimum atomic E-state index is -3.78. The van der Waals surface area contributed by atoms with E-state index in [1.54, 1.807) is 4.90 Å². The van der Waals surface area contributed by atoms with Crippen LogP contribution in [0, 0.1) is 10.1 Å². The summed E-state index contributed by atoms with van der Waals surface area (Å²) < 4.78 is 24.4. The molecule has 0 fully saturated rings. The molecule has 0 saturated carbocycles. The van der Waals surface area contributed by atoms with Crippen molar-refractivity contribution in [2.45, 2.75) is 18.7 Å². The molecule has 2 N–H and O–H groups in total. The number of nitrogens with zero attached hydrogens (tertiary/aromatic N) is 2. The number of rotatable bonds is 10. The maximum Gasteiger partial charge on any atom is 0.283 e. The van der Waals surface area contributed by atoms with E-state index in [1.165, 1.54) is 6.07 Å². The van der Waals surface area contributed by atoms with Crippen molar-refractivity contribution in [1.82, 2.24) is 5.32 Å². The number of aliphatic hydroxyl groups is 1. The molecule has 28 heavy (non-hydrogen) atoms. The zero-order valence-electron chi connectivity index (χ0n) is 15.9. The van der Waals surface area contributed by atoms with Gasteiger partial charge in [-0.1, -0.05) is 45.7 Å². The largest absolute Gasteiger partial charge is 0.395 e. The van der Waals surface area contributed by atoms with Gasteiger partial charge >= 0.3 is 0 Å². The molecule has 0 atom stereocenters. The maximum atomic E-state index is 12.3. The molecule has 0 aliphatic heterocycles. The van der Waals surface area contributed by atoms with Gasteiger partial charge in [-0.2, -0.15) is 0 Å². The minimum Gasteiger partial charge on any atom is -0.395 e. The van der Waals surface area contributed by atoms with Crippen LogP contribution in [0.5, 0.6) is 0 Å². The average Bonchev–Trinajstić information content (AvgIpc) is 2.65. The molecule has 1 aromatic carbocycles. The lowest BCUT2D eigenvalue weighted by atomic mass is 10.1. The van der Waals surface area contributed by atoms with Crippen molar-refractivity contribution in [3.05, 3.63) is 27.8 Å². The zero-order valence-corrected chi connectivity index (χ0v) is 19.9. The Hall–Kier alpha value is -1.24. The van der Waals surface area contributed by atoms with Gasteiger partial charge in [-0.05, 0) is 6.07 Å². The summed E-state index contributed by atoms with van der Waals surface area (Å²) in [5.41, 5.74) is -0.659. The van der Waals surface area contributed by atoms with Crippen molar-refractivity contribution >= 4 is 59.0 Å². The molecule has 0 bridgehead atoms. The summed E-state index contributed by atoms with van der Waals surface area (Å²) in [6, 6.07) is 2.13. The molecule has 1 rings (SSSR count). The van der Waals surface area contributed by atoms with Crippen LogP contribution in [0.15, 0.2) is 17.0 Å². The first-order valence-electron chi connectivity index (χ1n) is 8.45. The summed E-state index contributed by atoms with van der Waals surface area (Å²) in [6.45, 7) is 4.46. The Kier molecular flexibility index (Phi) is 12.5. The number of halogens is 2. The third kappa shape index (κ3) is 7.64. The quantitative estimate of drug-likeness (QED) is 0.261. The van der Waals surface area contributed by atoms with E-state index >= 15 is 0 Å². The molecule has 0 unspecified atom stereocenters. The topological polar surface area (TPSA) is 130 Å². The lowest BCUT2D eigenvalue weighted by Gasteiger charge is -2.25. The predicted octanol–water partition coefficient (Wildman–Crippen LogP) is 2.34. The van der Waals surface area contributed by atoms with Gasteiger partial charge in [-0.3, -0.25) is 14.9 Å². The third-order valence-electron chi connectivity index (χ3n) is 3.36. The van der Waals surface area contributed by atoms with Crippen molar-refractivity contribution in [1.29, 1.82) is 0 Å². The Labute approximate surface area is 181 Å². The summed E-state index contributed by atoms with van der Waals surface area (Å²) in [4.78, 5) is 24.3. The summed E-state index contributed by atoms with van der Waals surface area (Å²) in [7, 11) is -3.78. The highest BCUT2D eigenvalue weighted by atomic mass is 79.9. The van der Waals surface area contributed by atoms with Crippen LogP contribution in [-0.2, 0) is 9.84 Å². The molecule has 1 amide bonds. The van der Waals surface area contributed by atoms with Crippen LogP contribution in [0.2, 0.25) is 0 Å². The second kappa shape index (κ2) is 13.1. The first-order valence-corrected chi connectivity index (χ1v) is 12.6. The van der Waals surface area contributed by atoms with E-state index in [4.69, 9.17) is 5.11 Å². The third-order valence-corrected chi connectivity index (χ3v) is 5.20. The molecule has 0 saturated heterocycles. The molecule has 12 heteroatoms. The van der Waals surface area contributed by atoms with Crippen LogP contribution in [0.3, 0.4) is 0 Å². The minimum absolute atomic E-state index is 0.0777. The molecule has 0 heterocycles. The molecule has 0 aliphatic rings. The Bertz CT molecular complexity index is 768. The number of benzene rings is 1. The Morgan fingerprint density at radius 3 is 2.18 bits per heavy atom. The van der Waals surface area contributed by atoms with Gasteiger partial charge in [0.25, 0.3) is 11.6 Å². The van der Waals surface area contributed by atoms with Crippen LogP contribution in [0.25, 0.3) is 0 Å². The fourth-order valence-corrected chi connectivity index (χ4v) is 4.01. The van der Waals surface area contributed by atoms with E-state index in [-0.39, 0.29) is 29.3 Å². The number of carbonyl (C=O) groups excluding carboxylic acids is 1. The molecular weight excluding hydrogens is 522 g/mol. The summed E-state index contributed by atoms with van der Waals surface area (Å²) >= 11 is 6.58. The first kappa shape index (κ1) is 26.8. The van der Waals surface area contributed by atoms with Gasteiger partial charge in [0.1, 0.15) is 5.56 Å². The second-order valence-corrected chi connectivity index (χ2v) is 8.78. The van der Waals surface area contributed by atoms with Crippen molar-refractivity contribution in [2.75, 3.05) is 48.1 Å². The number of nitro groups is 1. The predicted molar refractivity (Wildman–Crippen MR) is 117 cm³/mol. The fraction of sp³-hybridized carbons (Fsp3) is 0.562. The van der Waals surface area contributed by atoms with E-state index in [2.05, 4.69) is 37.2 Å². The number of alkyl halides is 2. The van der Waals surface area contributed by atoms with Crippen molar-refractivity contribution < 1.29 is 23.2 Å². The standard InChI is InChI=1S/C14H19Br2N3O6S.C2H6/c1-26(24,25)13-9-11(19(22)23)10(14(21)17-4-7-20)8-12(13)18(5-2-15)6-3-16;1-2/h8-9,20H,2-7H2,1H3,(H,17,21);1-2H3. The van der Waals surface area contributed by atoms with Crippen molar-refractivity contribution in [3.63, 3.8) is 0 Å². The van der Waals surface area contributed by atoms with Gasteiger partial charge in [0.15, 0.2) is 9.84 Å². The molecule has 0 aromatic heterocycles. The molecule has 1 aromatic rings. The Balaban J connectivity index is 0.00000352. The van der Waals surface area contributed by atoms with E-state index < -0.39 is 26.4 Å². The van der Waals surface area contributed by atoms with E-state index in [0.29, 0.717) is 23.7 Å². The summed E-state index contributed by atoms with van der Waals surface area (Å²) in [5, 5.41) is 23.6. The number of sulfone groups is 1. The van der Waals surface area contributed by atoms with Crippen LogP contribution in [-0.4, -0.2) is 67.5 Å². The Morgan fingerprint density at radius 1 is 1.25 bits per heavy atom. The van der Waals surface area contributed by atoms with Gasteiger partial charge in [0, 0.05) is 42.6 Å². The molecular formula is C16H25Br2N3O6S. The smallest absolute Gasteiger partial charge is 0.283 e. The van der Waals surface area contributed by atoms with Crippen molar-refractivity contribution in [2.24, 2.45) is 0 Å².